The van der Waals surface area contributed by atoms with E-state index in [1.165, 1.54) is 3.57 Å². The van der Waals surface area contributed by atoms with Crippen LogP contribution in [0, 0.1) is 3.57 Å². The van der Waals surface area contributed by atoms with Crippen LogP contribution >= 0.6 is 33.9 Å². The lowest BCUT2D eigenvalue weighted by atomic mass is 10.1. The van der Waals surface area contributed by atoms with E-state index in [0.717, 1.165) is 27.3 Å². The SMILES string of the molecule is Nc1cccc(Cc2ncc3scc(I)c3n2)c1. The smallest absolute Gasteiger partial charge is 0.133 e. The number of rotatable bonds is 2. The number of fused-ring (bicyclic) bond motifs is 1. The molecule has 0 atom stereocenters. The molecule has 0 spiro atoms. The molecule has 0 radical (unpaired) electrons. The molecule has 1 aromatic carbocycles. The Balaban J connectivity index is 1.97. The molecule has 3 nitrogen and oxygen atoms in total. The van der Waals surface area contributed by atoms with E-state index >= 15 is 0 Å². The normalized spacial score (nSPS) is 10.9. The highest BCUT2D eigenvalue weighted by Crippen LogP contribution is 2.25. The minimum atomic E-state index is 0.715. The number of anilines is 1. The highest BCUT2D eigenvalue weighted by Gasteiger charge is 2.06. The zero-order valence-electron chi connectivity index (χ0n) is 9.43. The maximum absolute atomic E-state index is 5.77. The fourth-order valence-corrected chi connectivity index (χ4v) is 3.50. The van der Waals surface area contributed by atoms with E-state index in [0.29, 0.717) is 6.42 Å². The summed E-state index contributed by atoms with van der Waals surface area (Å²) < 4.78 is 2.32. The first-order valence-corrected chi connectivity index (χ1v) is 7.41. The van der Waals surface area contributed by atoms with Gasteiger partial charge in [0.2, 0.25) is 0 Å². The summed E-state index contributed by atoms with van der Waals surface area (Å²) in [7, 11) is 0. The molecule has 2 N–H and O–H groups in total. The van der Waals surface area contributed by atoms with Crippen molar-refractivity contribution >= 4 is 49.8 Å². The molecule has 3 aromatic rings. The lowest BCUT2D eigenvalue weighted by Crippen LogP contribution is -1.97. The number of aromatic nitrogens is 2. The number of nitrogen functional groups attached to an aromatic ring is 1. The third kappa shape index (κ3) is 2.32. The predicted molar refractivity (Wildman–Crippen MR) is 83.8 cm³/mol. The number of hydrogen-bond acceptors (Lipinski definition) is 4. The van der Waals surface area contributed by atoms with Gasteiger partial charge in [0.1, 0.15) is 5.82 Å². The van der Waals surface area contributed by atoms with Crippen LogP contribution in [-0.2, 0) is 6.42 Å². The van der Waals surface area contributed by atoms with E-state index in [1.807, 2.05) is 30.5 Å². The second-order valence-corrected chi connectivity index (χ2v) is 6.08. The van der Waals surface area contributed by atoms with Gasteiger partial charge >= 0.3 is 0 Å². The van der Waals surface area contributed by atoms with Crippen molar-refractivity contribution in [1.29, 1.82) is 0 Å². The molecule has 90 valence electrons. The molecule has 0 amide bonds. The average Bonchev–Trinajstić information content (AvgIpc) is 2.71. The Labute approximate surface area is 122 Å². The molecule has 5 heteroatoms. The number of halogens is 1. The van der Waals surface area contributed by atoms with Crippen molar-refractivity contribution in [3.8, 4) is 0 Å². The monoisotopic (exact) mass is 367 g/mol. The van der Waals surface area contributed by atoms with Crippen molar-refractivity contribution < 1.29 is 0 Å². The molecular formula is C13H10IN3S. The van der Waals surface area contributed by atoms with Gasteiger partial charge in [-0.05, 0) is 40.3 Å². The van der Waals surface area contributed by atoms with Gasteiger partial charge in [0, 0.05) is 23.7 Å². The van der Waals surface area contributed by atoms with Gasteiger partial charge in [0.15, 0.2) is 0 Å². The van der Waals surface area contributed by atoms with Gasteiger partial charge < -0.3 is 5.73 Å². The second kappa shape index (κ2) is 4.81. The number of nitrogens with two attached hydrogens (primary N) is 1. The van der Waals surface area contributed by atoms with E-state index in [-0.39, 0.29) is 0 Å². The summed E-state index contributed by atoms with van der Waals surface area (Å²) in [6, 6.07) is 7.85. The van der Waals surface area contributed by atoms with Gasteiger partial charge in [0.25, 0.3) is 0 Å². The van der Waals surface area contributed by atoms with Crippen LogP contribution in [0.15, 0.2) is 35.8 Å². The van der Waals surface area contributed by atoms with Crippen LogP contribution < -0.4 is 5.73 Å². The lowest BCUT2D eigenvalue weighted by molar-refractivity contribution is 0.994. The van der Waals surface area contributed by atoms with Crippen LogP contribution in [0.5, 0.6) is 0 Å². The Morgan fingerprint density at radius 2 is 2.22 bits per heavy atom. The fourth-order valence-electron chi connectivity index (χ4n) is 1.81. The van der Waals surface area contributed by atoms with Gasteiger partial charge in [-0.2, -0.15) is 0 Å². The van der Waals surface area contributed by atoms with E-state index in [4.69, 9.17) is 5.73 Å². The molecule has 0 aliphatic carbocycles. The maximum Gasteiger partial charge on any atom is 0.133 e. The Bertz CT molecular complexity index is 708. The van der Waals surface area contributed by atoms with E-state index in [2.05, 4.69) is 37.9 Å². The lowest BCUT2D eigenvalue weighted by Gasteiger charge is -2.02. The number of benzene rings is 1. The highest BCUT2D eigenvalue weighted by atomic mass is 127. The van der Waals surface area contributed by atoms with Crippen molar-refractivity contribution in [2.45, 2.75) is 6.42 Å². The molecular weight excluding hydrogens is 357 g/mol. The molecule has 0 saturated carbocycles. The summed E-state index contributed by atoms with van der Waals surface area (Å²) in [6.07, 6.45) is 2.61. The summed E-state index contributed by atoms with van der Waals surface area (Å²) in [5.41, 5.74) is 8.74. The number of nitrogens with zero attached hydrogens (tertiary/aromatic N) is 2. The van der Waals surface area contributed by atoms with Crippen molar-refractivity contribution in [1.82, 2.24) is 9.97 Å². The number of hydrogen-bond donors (Lipinski definition) is 1. The number of thiophene rings is 1. The topological polar surface area (TPSA) is 51.8 Å². The van der Waals surface area contributed by atoms with Crippen molar-refractivity contribution in [2.75, 3.05) is 5.73 Å². The van der Waals surface area contributed by atoms with E-state index < -0.39 is 0 Å². The maximum atomic E-state index is 5.77. The Hall–Kier alpha value is -1.21. The zero-order chi connectivity index (χ0) is 12.5. The summed E-state index contributed by atoms with van der Waals surface area (Å²) in [6.45, 7) is 0. The zero-order valence-corrected chi connectivity index (χ0v) is 12.4. The van der Waals surface area contributed by atoms with Crippen molar-refractivity contribution in [3.63, 3.8) is 0 Å². The molecule has 0 fully saturated rings. The van der Waals surface area contributed by atoms with Gasteiger partial charge in [0.05, 0.1) is 13.8 Å². The average molecular weight is 367 g/mol. The summed E-state index contributed by atoms with van der Waals surface area (Å²) >= 11 is 3.99. The molecule has 3 rings (SSSR count). The Morgan fingerprint density at radius 3 is 3.06 bits per heavy atom. The Morgan fingerprint density at radius 1 is 1.33 bits per heavy atom. The largest absolute Gasteiger partial charge is 0.399 e. The predicted octanol–water partition coefficient (Wildman–Crippen LogP) is 3.47. The van der Waals surface area contributed by atoms with Crippen LogP contribution in [0.4, 0.5) is 5.69 Å². The quantitative estimate of drug-likeness (QED) is 0.558. The summed E-state index contributed by atoms with van der Waals surface area (Å²) in [4.78, 5) is 9.01. The second-order valence-electron chi connectivity index (χ2n) is 4.00. The molecule has 0 bridgehead atoms. The standard InChI is InChI=1S/C13H10IN3S/c14-10-7-18-11-6-16-12(17-13(10)11)5-8-2-1-3-9(15)4-8/h1-4,6-7H,5,15H2. The first-order chi connectivity index (χ1) is 8.72. The Kier molecular flexibility index (Phi) is 3.17. The molecule has 2 aromatic heterocycles. The third-order valence-electron chi connectivity index (χ3n) is 2.63. The first-order valence-electron chi connectivity index (χ1n) is 5.45. The molecule has 2 heterocycles. The van der Waals surface area contributed by atoms with Crippen LogP contribution in [-0.4, -0.2) is 9.97 Å². The van der Waals surface area contributed by atoms with Crippen LogP contribution in [0.2, 0.25) is 0 Å². The summed E-state index contributed by atoms with van der Waals surface area (Å²) in [5.74, 6) is 0.837. The van der Waals surface area contributed by atoms with Crippen molar-refractivity contribution in [3.05, 3.63) is 50.8 Å². The van der Waals surface area contributed by atoms with Gasteiger partial charge in [-0.1, -0.05) is 12.1 Å². The van der Waals surface area contributed by atoms with Crippen LogP contribution in [0.3, 0.4) is 0 Å². The third-order valence-corrected chi connectivity index (χ3v) is 4.79. The first kappa shape index (κ1) is 11.9. The molecule has 0 aliphatic rings. The van der Waals surface area contributed by atoms with Gasteiger partial charge in [-0.25, -0.2) is 9.97 Å². The van der Waals surface area contributed by atoms with Crippen LogP contribution in [0.1, 0.15) is 11.4 Å². The molecule has 0 aliphatic heterocycles. The molecule has 18 heavy (non-hydrogen) atoms. The van der Waals surface area contributed by atoms with E-state index in [1.54, 1.807) is 11.3 Å². The van der Waals surface area contributed by atoms with E-state index in [9.17, 15) is 0 Å². The molecule has 0 unspecified atom stereocenters. The summed E-state index contributed by atoms with van der Waals surface area (Å²) in [5, 5.41) is 2.10. The van der Waals surface area contributed by atoms with Gasteiger partial charge in [-0.15, -0.1) is 11.3 Å². The minimum Gasteiger partial charge on any atom is -0.399 e. The van der Waals surface area contributed by atoms with Crippen LogP contribution in [0.25, 0.3) is 10.2 Å². The van der Waals surface area contributed by atoms with Crippen molar-refractivity contribution in [2.24, 2.45) is 0 Å². The fraction of sp³-hybridized carbons (Fsp3) is 0.0769. The van der Waals surface area contributed by atoms with Gasteiger partial charge in [-0.3, -0.25) is 0 Å². The molecule has 0 saturated heterocycles. The highest BCUT2D eigenvalue weighted by molar-refractivity contribution is 14.1. The minimum absolute atomic E-state index is 0.715.